The number of rotatable bonds is 9. The highest BCUT2D eigenvalue weighted by molar-refractivity contribution is 5.95. The Labute approximate surface area is 341 Å². The van der Waals surface area contributed by atoms with Gasteiger partial charge in [0.05, 0.1) is 35.6 Å². The summed E-state index contributed by atoms with van der Waals surface area (Å²) in [4.78, 5) is 69.5. The molecule has 312 valence electrons. The second-order valence-electron chi connectivity index (χ2n) is 16.8. The summed E-state index contributed by atoms with van der Waals surface area (Å²) in [7, 11) is 0. The molecule has 0 radical (unpaired) electrons. The molecule has 14 heteroatoms. The summed E-state index contributed by atoms with van der Waals surface area (Å²) in [6, 6.07) is 23.1. The van der Waals surface area contributed by atoms with E-state index in [1.807, 2.05) is 0 Å². The first-order valence-corrected chi connectivity index (χ1v) is 19.6. The molecule has 5 N–H and O–H groups in total. The highest BCUT2D eigenvalue weighted by atomic mass is 16.6. The van der Waals surface area contributed by atoms with Crippen LogP contribution in [0.5, 0.6) is 0 Å². The Bertz CT molecular complexity index is 2160. The van der Waals surface area contributed by atoms with Gasteiger partial charge in [-0.05, 0) is 54.8 Å². The number of nitrogens with one attached hydrogen (secondary N) is 1. The molecule has 3 fully saturated rings. The van der Waals surface area contributed by atoms with Crippen molar-refractivity contribution in [1.29, 1.82) is 0 Å². The number of carbonyl (C=O) groups excluding carboxylic acids is 5. The second-order valence-corrected chi connectivity index (χ2v) is 16.8. The summed E-state index contributed by atoms with van der Waals surface area (Å²) in [5.74, 6) is -5.89. The Morgan fingerprint density at radius 3 is 2.00 bits per heavy atom. The van der Waals surface area contributed by atoms with E-state index in [2.05, 4.69) is 5.32 Å². The number of carbonyl (C=O) groups is 5. The number of esters is 3. The summed E-state index contributed by atoms with van der Waals surface area (Å²) < 4.78 is 24.2. The van der Waals surface area contributed by atoms with Gasteiger partial charge in [0.25, 0.3) is 5.91 Å². The summed E-state index contributed by atoms with van der Waals surface area (Å²) >= 11 is 0. The Morgan fingerprint density at radius 2 is 1.44 bits per heavy atom. The van der Waals surface area contributed by atoms with E-state index in [-0.39, 0.29) is 35.3 Å². The molecule has 3 aliphatic carbocycles. The summed E-state index contributed by atoms with van der Waals surface area (Å²) in [6.45, 7) is 6.89. The molecule has 14 nitrogen and oxygen atoms in total. The van der Waals surface area contributed by atoms with Crippen molar-refractivity contribution in [2.24, 2.45) is 16.7 Å². The third kappa shape index (κ3) is 6.76. The smallest absolute Gasteiger partial charge is 0.338 e. The van der Waals surface area contributed by atoms with Crippen LogP contribution < -0.4 is 5.32 Å². The molecule has 2 bridgehead atoms. The fourth-order valence-corrected chi connectivity index (χ4v) is 9.94. The third-order valence-electron chi connectivity index (χ3n) is 13.2. The maximum absolute atomic E-state index is 15.0. The lowest BCUT2D eigenvalue weighted by atomic mass is 9.44. The summed E-state index contributed by atoms with van der Waals surface area (Å²) in [5.41, 5.74) is -6.86. The second kappa shape index (κ2) is 15.4. The first-order valence-electron chi connectivity index (χ1n) is 19.6. The third-order valence-corrected chi connectivity index (χ3v) is 13.2. The number of hydrogen-bond donors (Lipinski definition) is 5. The van der Waals surface area contributed by atoms with E-state index in [9.17, 15) is 44.4 Å². The first-order chi connectivity index (χ1) is 27.9. The van der Waals surface area contributed by atoms with Gasteiger partial charge in [-0.3, -0.25) is 14.4 Å². The van der Waals surface area contributed by atoms with Gasteiger partial charge in [-0.2, -0.15) is 0 Å². The molecule has 3 unspecified atom stereocenters. The van der Waals surface area contributed by atoms with Gasteiger partial charge in [0.2, 0.25) is 0 Å². The Hall–Kier alpha value is -5.25. The molecular weight excluding hydrogens is 762 g/mol. The number of Topliss-reactive ketones (excluding diaryl/α,β-unsaturated/α-hetero) is 1. The zero-order chi connectivity index (χ0) is 42.7. The van der Waals surface area contributed by atoms with Crippen LogP contribution >= 0.6 is 0 Å². The maximum atomic E-state index is 15.0. The van der Waals surface area contributed by atoms with Crippen molar-refractivity contribution in [2.45, 2.75) is 101 Å². The van der Waals surface area contributed by atoms with Crippen LogP contribution in [0.25, 0.3) is 0 Å². The van der Waals surface area contributed by atoms with Gasteiger partial charge in [-0.25, -0.2) is 9.59 Å². The molecule has 4 aliphatic rings. The number of amides is 1. The number of benzene rings is 3. The predicted octanol–water partition coefficient (Wildman–Crippen LogP) is 3.16. The van der Waals surface area contributed by atoms with Crippen LogP contribution in [0.3, 0.4) is 0 Å². The van der Waals surface area contributed by atoms with Gasteiger partial charge in [0, 0.05) is 30.7 Å². The van der Waals surface area contributed by atoms with E-state index >= 15 is 0 Å². The fourth-order valence-electron chi connectivity index (χ4n) is 9.94. The Kier molecular flexibility index (Phi) is 10.9. The standard InChI is InChI=1S/C45H49NO13/c1-24-29(57-41(54)35(50)33(26-15-9-6-10-16-26)46-39(52)27-17-11-7-12-18-27)22-45(55)38(58-40(53)28-19-13-8-14-20-28)36-43(5,37(51)34(49)32(24)42(45,3)4)30(48)21-31-44(36,23-56-31)59-25(2)47/h6-20,29-31,33-36,38,48-50,55H,21-23H2,1-5H3,(H,46,52)/t29-,30+,31?,33-,34-,35+,36?,38-,43-,44?,45+/m1/s1. The summed E-state index contributed by atoms with van der Waals surface area (Å²) in [5, 5.41) is 51.9. The van der Waals surface area contributed by atoms with Gasteiger partial charge < -0.3 is 44.7 Å². The van der Waals surface area contributed by atoms with Crippen LogP contribution in [-0.2, 0) is 33.3 Å². The van der Waals surface area contributed by atoms with Crippen molar-refractivity contribution in [1.82, 2.24) is 5.32 Å². The number of ketones is 1. The van der Waals surface area contributed by atoms with Crippen molar-refractivity contribution in [3.63, 3.8) is 0 Å². The number of ether oxygens (including phenoxy) is 4. The largest absolute Gasteiger partial charge is 0.456 e. The molecule has 2 saturated carbocycles. The molecule has 1 saturated heterocycles. The van der Waals surface area contributed by atoms with E-state index in [0.717, 1.165) is 6.92 Å². The van der Waals surface area contributed by atoms with E-state index in [1.54, 1.807) is 92.7 Å². The van der Waals surface area contributed by atoms with Gasteiger partial charge >= 0.3 is 17.9 Å². The van der Waals surface area contributed by atoms with Gasteiger partial charge in [0.1, 0.15) is 30.0 Å². The number of hydrogen-bond acceptors (Lipinski definition) is 13. The maximum Gasteiger partial charge on any atom is 0.338 e. The average Bonchev–Trinajstić information content (AvgIpc) is 3.21. The highest BCUT2D eigenvalue weighted by Gasteiger charge is 2.78. The SMILES string of the molecule is CC(=O)OC12COC1C[C@H](O)[C@@]1(C)C(=O)[C@H](O)C3=C(C)[C@H](OC(=O)[C@@H](O)[C@H](NC(=O)c4ccccc4)c4ccccc4)C[C@](O)([C@H](OC(=O)c4ccccc4)C21)C3(C)C. The van der Waals surface area contributed by atoms with E-state index < -0.39 is 107 Å². The molecule has 3 aromatic rings. The summed E-state index contributed by atoms with van der Waals surface area (Å²) in [6.07, 6.45) is -10.5. The minimum absolute atomic E-state index is 0.0540. The van der Waals surface area contributed by atoms with E-state index in [4.69, 9.17) is 18.9 Å². The minimum Gasteiger partial charge on any atom is -0.456 e. The number of aliphatic hydroxyl groups is 4. The number of aliphatic hydroxyl groups excluding tert-OH is 3. The zero-order valence-electron chi connectivity index (χ0n) is 33.4. The molecule has 59 heavy (non-hydrogen) atoms. The molecular formula is C45H49NO13. The Balaban J connectivity index is 1.34. The van der Waals surface area contributed by atoms with E-state index in [0.29, 0.717) is 5.56 Å². The lowest BCUT2D eigenvalue weighted by molar-refractivity contribution is -0.346. The van der Waals surface area contributed by atoms with Crippen molar-refractivity contribution >= 4 is 29.6 Å². The van der Waals surface area contributed by atoms with Crippen LogP contribution in [0.15, 0.2) is 102 Å². The predicted molar refractivity (Wildman–Crippen MR) is 208 cm³/mol. The molecule has 1 heterocycles. The average molecular weight is 812 g/mol. The molecule has 3 aromatic carbocycles. The van der Waals surface area contributed by atoms with Gasteiger partial charge in [-0.15, -0.1) is 0 Å². The molecule has 0 spiro atoms. The van der Waals surface area contributed by atoms with Crippen molar-refractivity contribution in [3.8, 4) is 0 Å². The molecule has 1 amide bonds. The molecule has 1 aliphatic heterocycles. The molecule has 11 atom stereocenters. The van der Waals surface area contributed by atoms with Crippen molar-refractivity contribution in [3.05, 3.63) is 119 Å². The van der Waals surface area contributed by atoms with Crippen LogP contribution in [0, 0.1) is 16.7 Å². The fraction of sp³-hybridized carbons (Fsp3) is 0.444. The van der Waals surface area contributed by atoms with Crippen LogP contribution in [0.1, 0.15) is 79.8 Å². The van der Waals surface area contributed by atoms with Gasteiger partial charge in [-0.1, -0.05) is 80.6 Å². The topological polar surface area (TPSA) is 215 Å². The van der Waals surface area contributed by atoms with E-state index in [1.165, 1.54) is 26.0 Å². The minimum atomic E-state index is -2.35. The number of fused-ring (bicyclic) bond motifs is 5. The lowest BCUT2D eigenvalue weighted by Gasteiger charge is -2.67. The van der Waals surface area contributed by atoms with Crippen molar-refractivity contribution < 1.29 is 63.3 Å². The normalized spacial score (nSPS) is 33.0. The highest BCUT2D eigenvalue weighted by Crippen LogP contribution is 2.64. The van der Waals surface area contributed by atoms with Gasteiger partial charge in [0.15, 0.2) is 17.5 Å². The van der Waals surface area contributed by atoms with Crippen molar-refractivity contribution in [2.75, 3.05) is 6.61 Å². The molecule has 0 aromatic heterocycles. The zero-order valence-corrected chi connectivity index (χ0v) is 33.4. The Morgan fingerprint density at radius 1 is 0.864 bits per heavy atom. The lowest BCUT2D eigenvalue weighted by Crippen LogP contribution is -2.81. The first kappa shape index (κ1) is 41.9. The quantitative estimate of drug-likeness (QED) is 0.120. The van der Waals surface area contributed by atoms with Crippen LogP contribution in [-0.4, -0.2) is 104 Å². The van der Waals surface area contributed by atoms with Crippen LogP contribution in [0.2, 0.25) is 0 Å². The van der Waals surface area contributed by atoms with Crippen LogP contribution in [0.4, 0.5) is 0 Å². The molecule has 7 rings (SSSR count). The monoisotopic (exact) mass is 811 g/mol.